The average Bonchev–Trinajstić information content (AvgIpc) is 2.45. The smallest absolute Gasteiger partial charge is 0.161 e. The highest BCUT2D eigenvalue weighted by molar-refractivity contribution is 6.30. The molecule has 2 aromatic rings. The summed E-state index contributed by atoms with van der Waals surface area (Å²) in [5.41, 5.74) is 7.88. The van der Waals surface area contributed by atoms with Crippen molar-refractivity contribution < 1.29 is 9.47 Å². The van der Waals surface area contributed by atoms with Gasteiger partial charge in [-0.15, -0.1) is 0 Å². The van der Waals surface area contributed by atoms with Crippen molar-refractivity contribution in [1.29, 1.82) is 0 Å². The molecule has 2 rings (SSSR count). The van der Waals surface area contributed by atoms with Gasteiger partial charge in [-0.2, -0.15) is 0 Å². The standard InChI is InChI=1S/C16H18ClNO2/c1-11(18)13-6-7-15(16(9-13)19-2)20-10-12-4-3-5-14(17)8-12/h3-9,11H,10,18H2,1-2H3/t11-/m0/s1. The summed E-state index contributed by atoms with van der Waals surface area (Å²) < 4.78 is 11.1. The first-order valence-corrected chi connectivity index (χ1v) is 6.78. The van der Waals surface area contributed by atoms with E-state index >= 15 is 0 Å². The second-order valence-electron chi connectivity index (χ2n) is 4.62. The summed E-state index contributed by atoms with van der Waals surface area (Å²) in [5, 5.41) is 0.699. The van der Waals surface area contributed by atoms with Crippen LogP contribution in [-0.4, -0.2) is 7.11 Å². The van der Waals surface area contributed by atoms with Gasteiger partial charge in [0.25, 0.3) is 0 Å². The Morgan fingerprint density at radius 2 is 1.95 bits per heavy atom. The maximum atomic E-state index is 5.95. The van der Waals surface area contributed by atoms with Gasteiger partial charge in [-0.05, 0) is 42.3 Å². The molecule has 0 radical (unpaired) electrons. The first kappa shape index (κ1) is 14.7. The second kappa shape index (κ2) is 6.64. The van der Waals surface area contributed by atoms with Gasteiger partial charge in [-0.1, -0.05) is 29.8 Å². The summed E-state index contributed by atoms with van der Waals surface area (Å²) >= 11 is 5.95. The number of methoxy groups -OCH3 is 1. The van der Waals surface area contributed by atoms with Gasteiger partial charge in [0.05, 0.1) is 7.11 Å². The number of hydrogen-bond donors (Lipinski definition) is 1. The van der Waals surface area contributed by atoms with Crippen LogP contribution < -0.4 is 15.2 Å². The quantitative estimate of drug-likeness (QED) is 0.907. The minimum Gasteiger partial charge on any atom is -0.493 e. The molecule has 1 atom stereocenters. The number of benzene rings is 2. The zero-order valence-electron chi connectivity index (χ0n) is 11.6. The van der Waals surface area contributed by atoms with E-state index in [2.05, 4.69) is 0 Å². The molecule has 2 N–H and O–H groups in total. The van der Waals surface area contributed by atoms with Crippen LogP contribution in [0.15, 0.2) is 42.5 Å². The molecule has 0 aliphatic rings. The molecule has 0 bridgehead atoms. The lowest BCUT2D eigenvalue weighted by molar-refractivity contribution is 0.284. The van der Waals surface area contributed by atoms with Crippen molar-refractivity contribution in [3.63, 3.8) is 0 Å². The zero-order valence-corrected chi connectivity index (χ0v) is 12.4. The maximum absolute atomic E-state index is 5.95. The molecule has 0 saturated carbocycles. The Labute approximate surface area is 124 Å². The Kier molecular flexibility index (Phi) is 4.88. The van der Waals surface area contributed by atoms with Crippen LogP contribution in [-0.2, 0) is 6.61 Å². The van der Waals surface area contributed by atoms with E-state index in [1.165, 1.54) is 0 Å². The number of ether oxygens (including phenoxy) is 2. The Bertz CT molecular complexity index is 584. The molecule has 0 spiro atoms. The van der Waals surface area contributed by atoms with Crippen LogP contribution in [0.4, 0.5) is 0 Å². The van der Waals surface area contributed by atoms with Gasteiger partial charge in [0.1, 0.15) is 6.61 Å². The normalized spacial score (nSPS) is 12.0. The van der Waals surface area contributed by atoms with Crippen LogP contribution >= 0.6 is 11.6 Å². The van der Waals surface area contributed by atoms with Gasteiger partial charge in [0, 0.05) is 11.1 Å². The van der Waals surface area contributed by atoms with Crippen LogP contribution in [0.1, 0.15) is 24.1 Å². The minimum absolute atomic E-state index is 0.0362. The van der Waals surface area contributed by atoms with Crippen molar-refractivity contribution in [3.8, 4) is 11.5 Å². The topological polar surface area (TPSA) is 44.5 Å². The first-order valence-electron chi connectivity index (χ1n) is 6.41. The minimum atomic E-state index is -0.0362. The maximum Gasteiger partial charge on any atom is 0.161 e. The SMILES string of the molecule is COc1cc([C@H](C)N)ccc1OCc1cccc(Cl)c1. The van der Waals surface area contributed by atoms with Crippen molar-refractivity contribution in [1.82, 2.24) is 0 Å². The van der Waals surface area contributed by atoms with Crippen molar-refractivity contribution in [2.24, 2.45) is 5.73 Å². The Morgan fingerprint density at radius 1 is 1.15 bits per heavy atom. The van der Waals surface area contributed by atoms with Crippen LogP contribution in [0, 0.1) is 0 Å². The predicted octanol–water partition coefficient (Wildman–Crippen LogP) is 3.95. The van der Waals surface area contributed by atoms with E-state index < -0.39 is 0 Å². The monoisotopic (exact) mass is 291 g/mol. The van der Waals surface area contributed by atoms with E-state index in [1.54, 1.807) is 7.11 Å². The fourth-order valence-electron chi connectivity index (χ4n) is 1.87. The Hall–Kier alpha value is -1.71. The highest BCUT2D eigenvalue weighted by Crippen LogP contribution is 2.30. The Balaban J connectivity index is 2.13. The third-order valence-corrected chi connectivity index (χ3v) is 3.23. The van der Waals surface area contributed by atoms with Gasteiger partial charge < -0.3 is 15.2 Å². The van der Waals surface area contributed by atoms with E-state index in [9.17, 15) is 0 Å². The van der Waals surface area contributed by atoms with Gasteiger partial charge in [0.15, 0.2) is 11.5 Å². The third kappa shape index (κ3) is 3.65. The lowest BCUT2D eigenvalue weighted by Gasteiger charge is -2.13. The van der Waals surface area contributed by atoms with E-state index in [0.29, 0.717) is 23.1 Å². The first-order chi connectivity index (χ1) is 9.60. The summed E-state index contributed by atoms with van der Waals surface area (Å²) in [7, 11) is 1.62. The zero-order chi connectivity index (χ0) is 14.5. The molecule has 20 heavy (non-hydrogen) atoms. The van der Waals surface area contributed by atoms with E-state index in [4.69, 9.17) is 26.8 Å². The molecule has 0 unspecified atom stereocenters. The van der Waals surface area contributed by atoms with Crippen molar-refractivity contribution in [2.45, 2.75) is 19.6 Å². The summed E-state index contributed by atoms with van der Waals surface area (Å²) in [6.07, 6.45) is 0. The summed E-state index contributed by atoms with van der Waals surface area (Å²) in [6, 6.07) is 13.3. The highest BCUT2D eigenvalue weighted by atomic mass is 35.5. The number of rotatable bonds is 5. The second-order valence-corrected chi connectivity index (χ2v) is 5.05. The molecule has 106 valence electrons. The molecular formula is C16H18ClNO2. The van der Waals surface area contributed by atoms with Crippen LogP contribution in [0.25, 0.3) is 0 Å². The largest absolute Gasteiger partial charge is 0.493 e. The molecular weight excluding hydrogens is 274 g/mol. The average molecular weight is 292 g/mol. The molecule has 0 heterocycles. The van der Waals surface area contributed by atoms with E-state index in [0.717, 1.165) is 11.1 Å². The lowest BCUT2D eigenvalue weighted by Crippen LogP contribution is -2.05. The van der Waals surface area contributed by atoms with Crippen LogP contribution in [0.2, 0.25) is 5.02 Å². The molecule has 3 nitrogen and oxygen atoms in total. The predicted molar refractivity (Wildman–Crippen MR) is 81.4 cm³/mol. The van der Waals surface area contributed by atoms with Gasteiger partial charge in [0.2, 0.25) is 0 Å². The lowest BCUT2D eigenvalue weighted by atomic mass is 10.1. The fourth-order valence-corrected chi connectivity index (χ4v) is 2.09. The molecule has 0 aliphatic heterocycles. The molecule has 0 amide bonds. The van der Waals surface area contributed by atoms with Gasteiger partial charge in [-0.25, -0.2) is 0 Å². The fraction of sp³-hybridized carbons (Fsp3) is 0.250. The van der Waals surface area contributed by atoms with E-state index in [-0.39, 0.29) is 6.04 Å². The summed E-state index contributed by atoms with van der Waals surface area (Å²) in [6.45, 7) is 2.37. The molecule has 0 fully saturated rings. The van der Waals surface area contributed by atoms with Crippen molar-refractivity contribution >= 4 is 11.6 Å². The Morgan fingerprint density at radius 3 is 2.60 bits per heavy atom. The summed E-state index contributed by atoms with van der Waals surface area (Å²) in [5.74, 6) is 1.37. The van der Waals surface area contributed by atoms with Crippen molar-refractivity contribution in [3.05, 3.63) is 58.6 Å². The molecule has 0 aliphatic carbocycles. The molecule has 4 heteroatoms. The van der Waals surface area contributed by atoms with Gasteiger partial charge >= 0.3 is 0 Å². The summed E-state index contributed by atoms with van der Waals surface area (Å²) in [4.78, 5) is 0. The van der Waals surface area contributed by atoms with Crippen LogP contribution in [0.3, 0.4) is 0 Å². The number of halogens is 1. The van der Waals surface area contributed by atoms with Gasteiger partial charge in [-0.3, -0.25) is 0 Å². The van der Waals surface area contributed by atoms with Crippen molar-refractivity contribution in [2.75, 3.05) is 7.11 Å². The molecule has 2 aromatic carbocycles. The third-order valence-electron chi connectivity index (χ3n) is 3.00. The van der Waals surface area contributed by atoms with Crippen LogP contribution in [0.5, 0.6) is 11.5 Å². The number of nitrogens with two attached hydrogens (primary N) is 1. The van der Waals surface area contributed by atoms with E-state index in [1.807, 2.05) is 49.4 Å². The molecule has 0 saturated heterocycles. The molecule has 0 aromatic heterocycles. The number of hydrogen-bond acceptors (Lipinski definition) is 3. The highest BCUT2D eigenvalue weighted by Gasteiger charge is 2.08.